The lowest BCUT2D eigenvalue weighted by Crippen LogP contribution is -2.19. The van der Waals surface area contributed by atoms with Crippen molar-refractivity contribution < 1.29 is 9.90 Å². The van der Waals surface area contributed by atoms with Crippen molar-refractivity contribution in [2.45, 2.75) is 36.1 Å². The van der Waals surface area contributed by atoms with Crippen LogP contribution in [0.5, 0.6) is 5.75 Å². The number of thioether (sulfide) groups is 1. The maximum atomic E-state index is 10.7. The van der Waals surface area contributed by atoms with Crippen molar-refractivity contribution in [2.75, 3.05) is 6.26 Å². The molecule has 0 aliphatic heterocycles. The first-order valence-electron chi connectivity index (χ1n) is 5.69. The van der Waals surface area contributed by atoms with Crippen LogP contribution in [0.25, 0.3) is 0 Å². The van der Waals surface area contributed by atoms with Gasteiger partial charge in [0.15, 0.2) is 0 Å². The number of nitrogens with zero attached hydrogens (tertiary/aromatic N) is 1. The van der Waals surface area contributed by atoms with Crippen LogP contribution in [0, 0.1) is 0 Å². The van der Waals surface area contributed by atoms with Gasteiger partial charge >= 0.3 is 0 Å². The lowest BCUT2D eigenvalue weighted by Gasteiger charge is -2.25. The summed E-state index contributed by atoms with van der Waals surface area (Å²) in [6.07, 6.45) is 7.48. The van der Waals surface area contributed by atoms with E-state index in [9.17, 15) is 9.90 Å². The number of isocyanates is 1. The van der Waals surface area contributed by atoms with Crippen molar-refractivity contribution in [3.05, 3.63) is 23.8 Å². The summed E-state index contributed by atoms with van der Waals surface area (Å²) in [7, 11) is 0. The molecule has 0 amide bonds. The van der Waals surface area contributed by atoms with E-state index in [0.717, 1.165) is 36.1 Å². The molecule has 0 aromatic heterocycles. The first kappa shape index (κ1) is 12.2. The van der Waals surface area contributed by atoms with Gasteiger partial charge in [-0.15, -0.1) is 11.8 Å². The van der Waals surface area contributed by atoms with E-state index in [-0.39, 0.29) is 5.75 Å². The highest BCUT2D eigenvalue weighted by Gasteiger charge is 2.37. The first-order valence-corrected chi connectivity index (χ1v) is 6.91. The summed E-state index contributed by atoms with van der Waals surface area (Å²) >= 11 is 1.49. The number of hydrogen-bond acceptors (Lipinski definition) is 4. The molecule has 1 N–H and O–H groups in total. The Kier molecular flexibility index (Phi) is 3.55. The molecular formula is C13H15NO2S. The number of benzene rings is 1. The third kappa shape index (κ3) is 2.11. The van der Waals surface area contributed by atoms with E-state index < -0.39 is 5.54 Å². The first-order chi connectivity index (χ1) is 8.23. The fourth-order valence-corrected chi connectivity index (χ4v) is 3.35. The molecular weight excluding hydrogens is 234 g/mol. The molecule has 0 heterocycles. The Morgan fingerprint density at radius 1 is 1.41 bits per heavy atom. The highest BCUT2D eigenvalue weighted by atomic mass is 32.2. The van der Waals surface area contributed by atoms with E-state index in [1.807, 2.05) is 18.4 Å². The van der Waals surface area contributed by atoms with Gasteiger partial charge in [-0.25, -0.2) is 4.79 Å². The Balaban J connectivity index is 2.57. The van der Waals surface area contributed by atoms with Crippen LogP contribution in [-0.2, 0) is 10.3 Å². The van der Waals surface area contributed by atoms with Gasteiger partial charge in [-0.1, -0.05) is 25.0 Å². The van der Waals surface area contributed by atoms with Crippen LogP contribution < -0.4 is 0 Å². The summed E-state index contributed by atoms with van der Waals surface area (Å²) in [4.78, 5) is 15.5. The van der Waals surface area contributed by atoms with Gasteiger partial charge in [-0.3, -0.25) is 0 Å². The molecule has 3 nitrogen and oxygen atoms in total. The van der Waals surface area contributed by atoms with Crippen LogP contribution in [0.3, 0.4) is 0 Å². The molecule has 1 fully saturated rings. The van der Waals surface area contributed by atoms with Crippen LogP contribution in [0.4, 0.5) is 0 Å². The molecule has 0 bridgehead atoms. The molecule has 0 unspecified atom stereocenters. The van der Waals surface area contributed by atoms with Crippen molar-refractivity contribution in [1.82, 2.24) is 0 Å². The molecule has 2 rings (SSSR count). The topological polar surface area (TPSA) is 49.7 Å². The predicted octanol–water partition coefficient (Wildman–Crippen LogP) is 3.22. The Bertz CT molecular complexity index is 460. The number of phenolic OH excluding ortho intramolecular Hbond substituents is 1. The summed E-state index contributed by atoms with van der Waals surface area (Å²) in [5.41, 5.74) is 0.504. The van der Waals surface area contributed by atoms with Crippen molar-refractivity contribution in [1.29, 1.82) is 0 Å². The van der Waals surface area contributed by atoms with Gasteiger partial charge in [-0.2, -0.15) is 4.99 Å². The summed E-state index contributed by atoms with van der Waals surface area (Å²) in [5.74, 6) is 0.266. The monoisotopic (exact) mass is 249 g/mol. The lowest BCUT2D eigenvalue weighted by molar-refractivity contribution is 0.427. The van der Waals surface area contributed by atoms with Gasteiger partial charge in [0.25, 0.3) is 0 Å². The molecule has 0 saturated heterocycles. The Hall–Kier alpha value is -1.25. The number of aliphatic imine (C=N–C) groups is 1. The maximum Gasteiger partial charge on any atom is 0.235 e. The Morgan fingerprint density at radius 2 is 2.12 bits per heavy atom. The second kappa shape index (κ2) is 4.94. The largest absolute Gasteiger partial charge is 0.507 e. The molecule has 0 radical (unpaired) electrons. The zero-order valence-electron chi connectivity index (χ0n) is 9.77. The predicted molar refractivity (Wildman–Crippen MR) is 68.2 cm³/mol. The quantitative estimate of drug-likeness (QED) is 0.508. The van der Waals surface area contributed by atoms with Gasteiger partial charge < -0.3 is 5.11 Å². The van der Waals surface area contributed by atoms with Crippen LogP contribution in [0.2, 0.25) is 0 Å². The summed E-state index contributed by atoms with van der Waals surface area (Å²) in [5, 5.41) is 9.87. The van der Waals surface area contributed by atoms with E-state index in [1.165, 1.54) is 11.8 Å². The van der Waals surface area contributed by atoms with E-state index in [0.29, 0.717) is 0 Å². The third-order valence-corrected chi connectivity index (χ3v) is 4.23. The standard InChI is InChI=1S/C13H15NO2S/c1-17-12-10(5-4-6-11(12)16)13(14-9-15)7-2-3-8-13/h4-6,16H,2-3,7-8H2,1H3. The molecule has 1 aromatic rings. The molecule has 4 heteroatoms. The van der Waals surface area contributed by atoms with Gasteiger partial charge in [0.05, 0.1) is 10.4 Å². The van der Waals surface area contributed by atoms with Crippen molar-refractivity contribution >= 4 is 17.8 Å². The minimum atomic E-state index is -0.459. The van der Waals surface area contributed by atoms with Crippen LogP contribution in [-0.4, -0.2) is 17.4 Å². The Labute approximate surface area is 105 Å². The highest BCUT2D eigenvalue weighted by Crippen LogP contribution is 2.47. The number of phenols is 1. The molecule has 1 saturated carbocycles. The minimum Gasteiger partial charge on any atom is -0.507 e. The highest BCUT2D eigenvalue weighted by molar-refractivity contribution is 7.98. The average Bonchev–Trinajstić information content (AvgIpc) is 2.79. The van der Waals surface area contributed by atoms with Crippen LogP contribution in [0.1, 0.15) is 31.2 Å². The van der Waals surface area contributed by atoms with Gasteiger partial charge in [0, 0.05) is 0 Å². The van der Waals surface area contributed by atoms with Gasteiger partial charge in [0.2, 0.25) is 6.08 Å². The molecule has 17 heavy (non-hydrogen) atoms. The van der Waals surface area contributed by atoms with E-state index in [1.54, 1.807) is 12.1 Å². The molecule has 0 atom stereocenters. The second-order valence-electron chi connectivity index (χ2n) is 4.30. The molecule has 1 aliphatic carbocycles. The summed E-state index contributed by atoms with van der Waals surface area (Å²) in [6, 6.07) is 5.44. The second-order valence-corrected chi connectivity index (χ2v) is 5.12. The van der Waals surface area contributed by atoms with E-state index in [2.05, 4.69) is 4.99 Å². The number of aromatic hydroxyl groups is 1. The van der Waals surface area contributed by atoms with Crippen molar-refractivity contribution in [3.8, 4) is 5.75 Å². The van der Waals surface area contributed by atoms with Gasteiger partial charge in [-0.05, 0) is 30.7 Å². The maximum absolute atomic E-state index is 10.7. The van der Waals surface area contributed by atoms with Crippen molar-refractivity contribution in [2.24, 2.45) is 4.99 Å². The van der Waals surface area contributed by atoms with E-state index >= 15 is 0 Å². The van der Waals surface area contributed by atoms with Crippen LogP contribution >= 0.6 is 11.8 Å². The molecule has 0 spiro atoms. The van der Waals surface area contributed by atoms with Crippen molar-refractivity contribution in [3.63, 3.8) is 0 Å². The zero-order chi connectivity index (χ0) is 12.3. The van der Waals surface area contributed by atoms with E-state index in [4.69, 9.17) is 0 Å². The average molecular weight is 249 g/mol. The smallest absolute Gasteiger partial charge is 0.235 e. The zero-order valence-corrected chi connectivity index (χ0v) is 10.6. The summed E-state index contributed by atoms with van der Waals surface area (Å²) in [6.45, 7) is 0. The SMILES string of the molecule is CSc1c(O)cccc1C1(N=C=O)CCCC1. The number of rotatable bonds is 3. The third-order valence-electron chi connectivity index (χ3n) is 3.39. The number of hydrogen-bond donors (Lipinski definition) is 1. The van der Waals surface area contributed by atoms with Gasteiger partial charge in [0.1, 0.15) is 5.75 Å². The Morgan fingerprint density at radius 3 is 2.71 bits per heavy atom. The summed E-state index contributed by atoms with van der Waals surface area (Å²) < 4.78 is 0. The minimum absolute atomic E-state index is 0.266. The fraction of sp³-hybridized carbons (Fsp3) is 0.462. The molecule has 1 aliphatic rings. The molecule has 90 valence electrons. The normalized spacial score (nSPS) is 17.7. The van der Waals surface area contributed by atoms with Crippen LogP contribution in [0.15, 0.2) is 28.1 Å². The fourth-order valence-electron chi connectivity index (χ4n) is 2.59. The molecule has 1 aromatic carbocycles. The lowest BCUT2D eigenvalue weighted by atomic mass is 9.88. The number of carbonyl (C=O) groups excluding carboxylic acids is 1.